The number of fused-ring (bicyclic) bond motifs is 1. The lowest BCUT2D eigenvalue weighted by molar-refractivity contribution is -0.116. The average Bonchev–Trinajstić information content (AvgIpc) is 2.67. The first-order chi connectivity index (χ1) is 13.6. The van der Waals surface area contributed by atoms with Gasteiger partial charge in [0.1, 0.15) is 11.6 Å². The van der Waals surface area contributed by atoms with Crippen molar-refractivity contribution in [2.45, 2.75) is 50.1 Å². The minimum atomic E-state index is -0.523. The summed E-state index contributed by atoms with van der Waals surface area (Å²) in [5.74, 6) is 0.550. The quantitative estimate of drug-likeness (QED) is 0.444. The summed E-state index contributed by atoms with van der Waals surface area (Å²) in [6, 6.07) is 6.01. The number of thioether (sulfide) groups is 1. The number of nitrogens with one attached hydrogen (secondary N) is 2. The molecule has 0 bridgehead atoms. The van der Waals surface area contributed by atoms with E-state index in [-0.39, 0.29) is 17.2 Å². The minimum absolute atomic E-state index is 0.0366. The molecule has 0 amide bonds. The lowest BCUT2D eigenvalue weighted by Crippen LogP contribution is -2.32. The second-order valence-corrected chi connectivity index (χ2v) is 8.20. The smallest absolute Gasteiger partial charge is 0.257 e. The fourth-order valence-corrected chi connectivity index (χ4v) is 4.76. The molecule has 2 aromatic rings. The van der Waals surface area contributed by atoms with Crippen LogP contribution >= 0.6 is 11.8 Å². The van der Waals surface area contributed by atoms with Gasteiger partial charge in [0.05, 0.1) is 5.56 Å². The molecule has 2 heterocycles. The van der Waals surface area contributed by atoms with Crippen LogP contribution in [0.1, 0.15) is 56.1 Å². The zero-order valence-electron chi connectivity index (χ0n) is 15.7. The second kappa shape index (κ2) is 7.91. The van der Waals surface area contributed by atoms with E-state index in [9.17, 15) is 14.0 Å². The van der Waals surface area contributed by atoms with E-state index in [2.05, 4.69) is 22.2 Å². The SMILES string of the molecule is CCCCSc1nc2c(c(=O)[nH]1)[C@H](c1ccc(F)cc1)C1=C(CCCC1=O)N2. The Labute approximate surface area is 166 Å². The first-order valence-corrected chi connectivity index (χ1v) is 10.6. The number of anilines is 1. The summed E-state index contributed by atoms with van der Waals surface area (Å²) in [6.07, 6.45) is 4.10. The molecule has 1 aliphatic carbocycles. The maximum atomic E-state index is 13.5. The Hall–Kier alpha value is -2.41. The van der Waals surface area contributed by atoms with Gasteiger partial charge in [0.2, 0.25) is 0 Å². The summed E-state index contributed by atoms with van der Waals surface area (Å²) in [5, 5.41) is 3.83. The molecule has 146 valence electrons. The molecule has 0 radical (unpaired) electrons. The number of aromatic amines is 1. The summed E-state index contributed by atoms with van der Waals surface area (Å²) in [4.78, 5) is 33.2. The number of carbonyl (C=O) groups excluding carboxylic acids is 1. The number of hydrogen-bond acceptors (Lipinski definition) is 5. The molecule has 4 rings (SSSR count). The molecule has 0 unspecified atom stereocenters. The molecule has 7 heteroatoms. The Morgan fingerprint density at radius 3 is 2.75 bits per heavy atom. The fraction of sp³-hybridized carbons (Fsp3) is 0.381. The van der Waals surface area contributed by atoms with Crippen LogP contribution in [0.2, 0.25) is 0 Å². The Morgan fingerprint density at radius 1 is 1.21 bits per heavy atom. The molecule has 0 spiro atoms. The fourth-order valence-electron chi connectivity index (χ4n) is 3.81. The molecule has 2 N–H and O–H groups in total. The summed E-state index contributed by atoms with van der Waals surface area (Å²) in [6.45, 7) is 2.12. The number of benzene rings is 1. The number of H-pyrrole nitrogens is 1. The Kier molecular flexibility index (Phi) is 5.35. The highest BCUT2D eigenvalue weighted by atomic mass is 32.2. The molecule has 1 aromatic carbocycles. The molecule has 1 atom stereocenters. The minimum Gasteiger partial charge on any atom is -0.343 e. The predicted octanol–water partition coefficient (Wildman–Crippen LogP) is 4.37. The highest BCUT2D eigenvalue weighted by molar-refractivity contribution is 7.99. The highest BCUT2D eigenvalue weighted by Crippen LogP contribution is 2.43. The molecule has 5 nitrogen and oxygen atoms in total. The third-order valence-corrected chi connectivity index (χ3v) is 6.14. The van der Waals surface area contributed by atoms with Gasteiger partial charge in [0.15, 0.2) is 10.9 Å². The first-order valence-electron chi connectivity index (χ1n) is 9.64. The van der Waals surface area contributed by atoms with Gasteiger partial charge < -0.3 is 10.3 Å². The van der Waals surface area contributed by atoms with Gasteiger partial charge in [-0.2, -0.15) is 0 Å². The number of nitrogens with zero attached hydrogens (tertiary/aromatic N) is 1. The van der Waals surface area contributed by atoms with Crippen LogP contribution < -0.4 is 10.9 Å². The molecule has 0 fully saturated rings. The van der Waals surface area contributed by atoms with Crippen molar-refractivity contribution in [2.75, 3.05) is 11.1 Å². The van der Waals surface area contributed by atoms with E-state index in [0.29, 0.717) is 28.5 Å². The standard InChI is InChI=1S/C21H22FN3O2S/c1-2-3-11-28-21-24-19-18(20(27)25-21)16(12-7-9-13(22)10-8-12)17-14(23-19)5-4-6-15(17)26/h7-10,16H,2-6,11H2,1H3,(H2,23,24,25,27)/t16-/m1/s1. The van der Waals surface area contributed by atoms with Gasteiger partial charge in [-0.1, -0.05) is 37.2 Å². The third kappa shape index (κ3) is 3.51. The van der Waals surface area contributed by atoms with Crippen LogP contribution in [0.4, 0.5) is 10.2 Å². The van der Waals surface area contributed by atoms with Gasteiger partial charge in [-0.3, -0.25) is 9.59 Å². The van der Waals surface area contributed by atoms with Gasteiger partial charge in [0, 0.05) is 29.4 Å². The van der Waals surface area contributed by atoms with E-state index >= 15 is 0 Å². The second-order valence-electron chi connectivity index (χ2n) is 7.11. The van der Waals surface area contributed by atoms with E-state index in [1.54, 1.807) is 12.1 Å². The average molecular weight is 399 g/mol. The zero-order chi connectivity index (χ0) is 19.7. The predicted molar refractivity (Wildman–Crippen MR) is 108 cm³/mol. The number of carbonyl (C=O) groups is 1. The van der Waals surface area contributed by atoms with Crippen molar-refractivity contribution < 1.29 is 9.18 Å². The Balaban J connectivity index is 1.83. The van der Waals surface area contributed by atoms with Crippen LogP contribution in [0.3, 0.4) is 0 Å². The Morgan fingerprint density at radius 2 is 2.00 bits per heavy atom. The van der Waals surface area contributed by atoms with Crippen molar-refractivity contribution >= 4 is 23.4 Å². The van der Waals surface area contributed by atoms with Crippen LogP contribution in [0.25, 0.3) is 0 Å². The summed E-state index contributed by atoms with van der Waals surface area (Å²) < 4.78 is 13.5. The number of aromatic nitrogens is 2. The van der Waals surface area contributed by atoms with Crippen molar-refractivity contribution in [1.29, 1.82) is 0 Å². The number of ketones is 1. The van der Waals surface area contributed by atoms with Crippen molar-refractivity contribution in [3.05, 3.63) is 62.8 Å². The molecule has 1 aliphatic heterocycles. The number of Topliss-reactive ketones (excluding diaryl/α,β-unsaturated/α-hetero) is 1. The molecule has 0 saturated heterocycles. The Bertz CT molecular complexity index is 998. The number of hydrogen-bond donors (Lipinski definition) is 2. The van der Waals surface area contributed by atoms with Crippen LogP contribution in [-0.4, -0.2) is 21.5 Å². The molecular formula is C21H22FN3O2S. The van der Waals surface area contributed by atoms with Crippen LogP contribution in [0.15, 0.2) is 45.5 Å². The summed E-state index contributed by atoms with van der Waals surface area (Å²) in [5.41, 5.74) is 2.35. The maximum absolute atomic E-state index is 13.5. The van der Waals surface area contributed by atoms with Crippen LogP contribution in [0.5, 0.6) is 0 Å². The van der Waals surface area contributed by atoms with Gasteiger partial charge in [-0.15, -0.1) is 0 Å². The van der Waals surface area contributed by atoms with Crippen molar-refractivity contribution in [3.63, 3.8) is 0 Å². The maximum Gasteiger partial charge on any atom is 0.257 e. The first kappa shape index (κ1) is 18.9. The van der Waals surface area contributed by atoms with Crippen molar-refractivity contribution in [1.82, 2.24) is 9.97 Å². The lowest BCUT2D eigenvalue weighted by atomic mass is 9.76. The van der Waals surface area contributed by atoms with Crippen LogP contribution in [0, 0.1) is 5.82 Å². The number of allylic oxidation sites excluding steroid dienone is 2. The molecule has 1 aromatic heterocycles. The van der Waals surface area contributed by atoms with Crippen LogP contribution in [-0.2, 0) is 4.79 Å². The summed E-state index contributed by atoms with van der Waals surface area (Å²) in [7, 11) is 0. The number of unbranched alkanes of at least 4 members (excludes halogenated alkanes) is 1. The molecule has 28 heavy (non-hydrogen) atoms. The lowest BCUT2D eigenvalue weighted by Gasteiger charge is -2.32. The number of rotatable bonds is 5. The largest absolute Gasteiger partial charge is 0.343 e. The van der Waals surface area contributed by atoms with E-state index in [1.165, 1.54) is 23.9 Å². The van der Waals surface area contributed by atoms with Crippen molar-refractivity contribution in [3.8, 4) is 0 Å². The van der Waals surface area contributed by atoms with E-state index < -0.39 is 5.92 Å². The zero-order valence-corrected chi connectivity index (χ0v) is 16.5. The molecule has 2 aliphatic rings. The molecular weight excluding hydrogens is 377 g/mol. The monoisotopic (exact) mass is 399 g/mol. The highest BCUT2D eigenvalue weighted by Gasteiger charge is 2.37. The van der Waals surface area contributed by atoms with Gasteiger partial charge in [-0.25, -0.2) is 9.37 Å². The third-order valence-electron chi connectivity index (χ3n) is 5.18. The van der Waals surface area contributed by atoms with Crippen molar-refractivity contribution in [2.24, 2.45) is 0 Å². The van der Waals surface area contributed by atoms with E-state index in [1.807, 2.05) is 0 Å². The van der Waals surface area contributed by atoms with Gasteiger partial charge in [0.25, 0.3) is 5.56 Å². The van der Waals surface area contributed by atoms with Gasteiger partial charge in [-0.05, 0) is 37.0 Å². The summed E-state index contributed by atoms with van der Waals surface area (Å²) >= 11 is 1.52. The van der Waals surface area contributed by atoms with Gasteiger partial charge >= 0.3 is 0 Å². The topological polar surface area (TPSA) is 74.8 Å². The molecule has 0 saturated carbocycles. The number of halogens is 1. The van der Waals surface area contributed by atoms with E-state index in [0.717, 1.165) is 42.7 Å². The normalized spacial score (nSPS) is 18.5. The van der Waals surface area contributed by atoms with E-state index in [4.69, 9.17) is 0 Å².